The van der Waals surface area contributed by atoms with Crippen LogP contribution in [-0.4, -0.2) is 44.3 Å². The Morgan fingerprint density at radius 2 is 1.62 bits per heavy atom. The minimum atomic E-state index is -1.00. The van der Waals surface area contributed by atoms with Gasteiger partial charge in [-0.3, -0.25) is 9.80 Å². The van der Waals surface area contributed by atoms with E-state index in [2.05, 4.69) is 0 Å². The van der Waals surface area contributed by atoms with Gasteiger partial charge >= 0.3 is 12.0 Å². The number of hydrogen-bond acceptors (Lipinski definition) is 3. The van der Waals surface area contributed by atoms with Gasteiger partial charge in [-0.25, -0.2) is 9.59 Å². The molecule has 0 saturated carbocycles. The fourth-order valence-corrected chi connectivity index (χ4v) is 2.75. The van der Waals surface area contributed by atoms with Crippen molar-refractivity contribution in [1.82, 2.24) is 0 Å². The Kier molecular flexibility index (Phi) is 4.12. The highest BCUT2D eigenvalue weighted by Crippen LogP contribution is 2.27. The van der Waals surface area contributed by atoms with E-state index in [1.807, 2.05) is 43.3 Å². The van der Waals surface area contributed by atoms with Crippen LogP contribution in [0.1, 0.15) is 10.4 Å². The molecule has 2 aromatic rings. The Labute approximate surface area is 140 Å². The number of nitrogens with zero attached hydrogens (tertiary/aromatic N) is 3. The zero-order chi connectivity index (χ0) is 17.3. The van der Waals surface area contributed by atoms with Crippen molar-refractivity contribution in [2.45, 2.75) is 0 Å². The molecule has 6 nitrogen and oxygen atoms in total. The minimum Gasteiger partial charge on any atom is -0.478 e. The van der Waals surface area contributed by atoms with Crippen molar-refractivity contribution in [3.8, 4) is 0 Å². The molecule has 0 spiro atoms. The summed E-state index contributed by atoms with van der Waals surface area (Å²) in [6, 6.07) is 14.1. The Morgan fingerprint density at radius 1 is 1.00 bits per heavy atom. The van der Waals surface area contributed by atoms with Crippen molar-refractivity contribution >= 4 is 29.1 Å². The van der Waals surface area contributed by atoms with Gasteiger partial charge in [0.1, 0.15) is 0 Å². The first kappa shape index (κ1) is 15.9. The predicted molar refractivity (Wildman–Crippen MR) is 94.3 cm³/mol. The number of anilines is 3. The molecule has 6 heteroatoms. The van der Waals surface area contributed by atoms with Crippen molar-refractivity contribution in [1.29, 1.82) is 0 Å². The van der Waals surface area contributed by atoms with Crippen LogP contribution in [0.3, 0.4) is 0 Å². The summed E-state index contributed by atoms with van der Waals surface area (Å²) in [5.41, 5.74) is 2.68. The third kappa shape index (κ3) is 2.90. The van der Waals surface area contributed by atoms with Crippen LogP contribution < -0.4 is 14.7 Å². The van der Waals surface area contributed by atoms with Crippen LogP contribution in [0.25, 0.3) is 0 Å². The van der Waals surface area contributed by atoms with Gasteiger partial charge in [0.05, 0.1) is 5.56 Å². The number of carboxylic acid groups (broad SMARTS) is 1. The van der Waals surface area contributed by atoms with E-state index in [0.29, 0.717) is 18.8 Å². The fraction of sp³-hybridized carbons (Fsp3) is 0.222. The molecular formula is C18H19N3O3. The molecule has 1 N–H and O–H groups in total. The van der Waals surface area contributed by atoms with Gasteiger partial charge in [-0.1, -0.05) is 6.07 Å². The SMILES string of the molecule is CN(C)c1ccc(N2CCN(c3cccc(C(=O)O)c3)C2=O)cc1. The molecule has 1 fully saturated rings. The number of carboxylic acids is 1. The summed E-state index contributed by atoms with van der Waals surface area (Å²) in [7, 11) is 3.93. The Bertz CT molecular complexity index is 771. The van der Waals surface area contributed by atoms with Crippen LogP contribution in [0.5, 0.6) is 0 Å². The third-order valence-electron chi connectivity index (χ3n) is 4.09. The summed E-state index contributed by atoms with van der Waals surface area (Å²) in [5.74, 6) is -1.00. The largest absolute Gasteiger partial charge is 0.478 e. The summed E-state index contributed by atoms with van der Waals surface area (Å²) < 4.78 is 0. The maximum Gasteiger partial charge on any atom is 0.335 e. The van der Waals surface area contributed by atoms with Crippen LogP contribution in [-0.2, 0) is 0 Å². The van der Waals surface area contributed by atoms with Crippen molar-refractivity contribution < 1.29 is 14.7 Å². The quantitative estimate of drug-likeness (QED) is 0.939. The van der Waals surface area contributed by atoms with Crippen molar-refractivity contribution in [3.63, 3.8) is 0 Å². The number of hydrogen-bond donors (Lipinski definition) is 1. The number of aromatic carboxylic acids is 1. The lowest BCUT2D eigenvalue weighted by atomic mass is 10.2. The highest BCUT2D eigenvalue weighted by atomic mass is 16.4. The second kappa shape index (κ2) is 6.23. The van der Waals surface area contributed by atoms with Crippen LogP contribution in [0.15, 0.2) is 48.5 Å². The molecule has 1 aliphatic rings. The lowest BCUT2D eigenvalue weighted by Gasteiger charge is -2.20. The van der Waals surface area contributed by atoms with Gasteiger partial charge in [0.25, 0.3) is 0 Å². The maximum atomic E-state index is 12.7. The number of benzene rings is 2. The number of carbonyl (C=O) groups is 2. The molecular weight excluding hydrogens is 306 g/mol. The van der Waals surface area contributed by atoms with E-state index in [1.165, 1.54) is 12.1 Å². The lowest BCUT2D eigenvalue weighted by molar-refractivity contribution is 0.0697. The van der Waals surface area contributed by atoms with Crippen molar-refractivity contribution in [2.24, 2.45) is 0 Å². The predicted octanol–water partition coefficient (Wildman–Crippen LogP) is 2.90. The van der Waals surface area contributed by atoms with Gasteiger partial charge in [-0.05, 0) is 42.5 Å². The van der Waals surface area contributed by atoms with E-state index in [1.54, 1.807) is 21.9 Å². The molecule has 2 amide bonds. The molecule has 1 heterocycles. The van der Waals surface area contributed by atoms with Crippen LogP contribution in [0.2, 0.25) is 0 Å². The van der Waals surface area contributed by atoms with Gasteiger partial charge in [-0.2, -0.15) is 0 Å². The van der Waals surface area contributed by atoms with E-state index < -0.39 is 5.97 Å². The topological polar surface area (TPSA) is 64.1 Å². The molecule has 0 radical (unpaired) electrons. The molecule has 0 aromatic heterocycles. The zero-order valence-corrected chi connectivity index (χ0v) is 13.6. The first-order valence-electron chi connectivity index (χ1n) is 7.67. The van der Waals surface area contributed by atoms with E-state index >= 15 is 0 Å². The first-order chi connectivity index (χ1) is 11.5. The highest BCUT2D eigenvalue weighted by Gasteiger charge is 2.30. The van der Waals surface area contributed by atoms with Crippen molar-refractivity contribution in [3.05, 3.63) is 54.1 Å². The van der Waals surface area contributed by atoms with Gasteiger partial charge in [0, 0.05) is 44.2 Å². The van der Waals surface area contributed by atoms with Crippen molar-refractivity contribution in [2.75, 3.05) is 41.9 Å². The molecule has 0 bridgehead atoms. The zero-order valence-electron chi connectivity index (χ0n) is 13.6. The summed E-state index contributed by atoms with van der Waals surface area (Å²) in [5, 5.41) is 9.10. The smallest absolute Gasteiger partial charge is 0.335 e. The van der Waals surface area contributed by atoms with Crippen LogP contribution in [0.4, 0.5) is 21.9 Å². The summed E-state index contributed by atoms with van der Waals surface area (Å²) in [6.07, 6.45) is 0. The van der Waals surface area contributed by atoms with Gasteiger partial charge in [-0.15, -0.1) is 0 Å². The number of rotatable bonds is 4. The Morgan fingerprint density at radius 3 is 2.21 bits per heavy atom. The molecule has 1 saturated heterocycles. The second-order valence-electron chi connectivity index (χ2n) is 5.85. The summed E-state index contributed by atoms with van der Waals surface area (Å²) in [6.45, 7) is 1.09. The third-order valence-corrected chi connectivity index (χ3v) is 4.09. The van der Waals surface area contributed by atoms with E-state index in [4.69, 9.17) is 5.11 Å². The first-order valence-corrected chi connectivity index (χ1v) is 7.67. The minimum absolute atomic E-state index is 0.143. The number of amides is 2. The van der Waals surface area contributed by atoms with E-state index in [9.17, 15) is 9.59 Å². The van der Waals surface area contributed by atoms with Gasteiger partial charge in [0.15, 0.2) is 0 Å². The average molecular weight is 325 g/mol. The van der Waals surface area contributed by atoms with E-state index in [0.717, 1.165) is 11.4 Å². The number of carbonyl (C=O) groups excluding carboxylic acids is 1. The maximum absolute atomic E-state index is 12.7. The molecule has 24 heavy (non-hydrogen) atoms. The van der Waals surface area contributed by atoms with Crippen LogP contribution in [0, 0.1) is 0 Å². The monoisotopic (exact) mass is 325 g/mol. The molecule has 0 atom stereocenters. The molecule has 0 unspecified atom stereocenters. The molecule has 1 aliphatic heterocycles. The Balaban J connectivity index is 1.82. The fourth-order valence-electron chi connectivity index (χ4n) is 2.75. The average Bonchev–Trinajstić information content (AvgIpc) is 2.96. The van der Waals surface area contributed by atoms with Gasteiger partial charge < -0.3 is 10.0 Å². The Hall–Kier alpha value is -3.02. The molecule has 3 rings (SSSR count). The number of urea groups is 1. The van der Waals surface area contributed by atoms with Gasteiger partial charge in [0.2, 0.25) is 0 Å². The molecule has 2 aromatic carbocycles. The lowest BCUT2D eigenvalue weighted by Crippen LogP contribution is -2.31. The summed E-state index contributed by atoms with van der Waals surface area (Å²) >= 11 is 0. The van der Waals surface area contributed by atoms with E-state index in [-0.39, 0.29) is 11.6 Å². The molecule has 0 aliphatic carbocycles. The highest BCUT2D eigenvalue weighted by molar-refractivity contribution is 6.06. The summed E-state index contributed by atoms with van der Waals surface area (Å²) in [4.78, 5) is 29.1. The van der Waals surface area contributed by atoms with Crippen LogP contribution >= 0.6 is 0 Å². The second-order valence-corrected chi connectivity index (χ2v) is 5.85. The molecule has 124 valence electrons. The normalized spacial score (nSPS) is 14.2. The standard InChI is InChI=1S/C18H19N3O3/c1-19(2)14-6-8-15(9-7-14)20-10-11-21(18(20)24)16-5-3-4-13(12-16)17(22)23/h3-9,12H,10-11H2,1-2H3,(H,22,23).